The summed E-state index contributed by atoms with van der Waals surface area (Å²) in [4.78, 5) is 4.29. The number of alkyl halides is 2. The van der Waals surface area contributed by atoms with Gasteiger partial charge in [0, 0.05) is 40.1 Å². The molecule has 0 aliphatic heterocycles. The van der Waals surface area contributed by atoms with Gasteiger partial charge in [-0.2, -0.15) is 0 Å². The Morgan fingerprint density at radius 1 is 1.35 bits per heavy atom. The molecule has 8 heteroatoms. The Hall–Kier alpha value is -0.990. The summed E-state index contributed by atoms with van der Waals surface area (Å²) < 4.78 is 31.5. The summed E-state index contributed by atoms with van der Waals surface area (Å²) in [6, 6.07) is 0.0603. The van der Waals surface area contributed by atoms with Gasteiger partial charge in [-0.1, -0.05) is 0 Å². The van der Waals surface area contributed by atoms with E-state index in [0.717, 1.165) is 0 Å². The predicted molar refractivity (Wildman–Crippen MR) is 74.7 cm³/mol. The molecule has 0 saturated heterocycles. The van der Waals surface area contributed by atoms with Gasteiger partial charge < -0.3 is 10.1 Å². The number of ether oxygens (including phenoxy) is 1. The van der Waals surface area contributed by atoms with Crippen LogP contribution in [0.25, 0.3) is 0 Å². The fourth-order valence-electron chi connectivity index (χ4n) is 2.14. The molecule has 0 heterocycles. The maximum absolute atomic E-state index is 13.1. The van der Waals surface area contributed by atoms with Crippen LogP contribution in [0.1, 0.15) is 25.7 Å². The predicted octanol–water partition coefficient (Wildman–Crippen LogP) is 0.426. The van der Waals surface area contributed by atoms with E-state index in [1.54, 1.807) is 21.2 Å². The zero-order chi connectivity index (χ0) is 15.0. The summed E-state index contributed by atoms with van der Waals surface area (Å²) in [7, 11) is 5.07. The summed E-state index contributed by atoms with van der Waals surface area (Å²) in [6.45, 7) is 0.397. The monoisotopic (exact) mass is 293 g/mol. The molecule has 4 N–H and O–H groups in total. The second-order valence-corrected chi connectivity index (χ2v) is 4.84. The van der Waals surface area contributed by atoms with Crippen LogP contribution >= 0.6 is 0 Å². The molecule has 1 saturated carbocycles. The smallest absolute Gasteiger partial charge is 0.248 e. The first kappa shape index (κ1) is 17.1. The molecule has 1 rings (SSSR count). The van der Waals surface area contributed by atoms with Crippen molar-refractivity contribution in [1.29, 1.82) is 0 Å². The van der Waals surface area contributed by atoms with Crippen molar-refractivity contribution in [3.63, 3.8) is 0 Å². The van der Waals surface area contributed by atoms with Gasteiger partial charge in [0.2, 0.25) is 11.9 Å². The number of aliphatic imine (C=N–C) groups is 1. The number of halogens is 2. The van der Waals surface area contributed by atoms with E-state index in [-0.39, 0.29) is 25.1 Å². The summed E-state index contributed by atoms with van der Waals surface area (Å²) in [5.41, 5.74) is 5.60. The molecule has 1 aliphatic carbocycles. The summed E-state index contributed by atoms with van der Waals surface area (Å²) in [6.07, 6.45) is 0.517. The molecule has 0 spiro atoms. The average Bonchev–Trinajstić information content (AvgIpc) is 2.43. The Kier molecular flexibility index (Phi) is 7.11. The van der Waals surface area contributed by atoms with Crippen molar-refractivity contribution < 1.29 is 13.5 Å². The van der Waals surface area contributed by atoms with Crippen LogP contribution in [0.15, 0.2) is 4.99 Å². The van der Waals surface area contributed by atoms with Gasteiger partial charge in [0.1, 0.15) is 6.23 Å². The van der Waals surface area contributed by atoms with E-state index in [4.69, 9.17) is 4.74 Å². The molecule has 0 aromatic carbocycles. The Morgan fingerprint density at radius 2 is 2.00 bits per heavy atom. The normalized spacial score (nSPS) is 21.6. The first-order chi connectivity index (χ1) is 9.50. The Balaban J connectivity index is 2.39. The minimum absolute atomic E-state index is 0.0603. The molecule has 0 radical (unpaired) electrons. The van der Waals surface area contributed by atoms with Crippen LogP contribution in [0, 0.1) is 0 Å². The number of nitrogens with zero attached hydrogens (tertiary/aromatic N) is 1. The van der Waals surface area contributed by atoms with Gasteiger partial charge in [0.25, 0.3) is 0 Å². The maximum Gasteiger partial charge on any atom is 0.248 e. The minimum atomic E-state index is -2.51. The highest BCUT2D eigenvalue weighted by Gasteiger charge is 2.35. The van der Waals surface area contributed by atoms with E-state index < -0.39 is 5.92 Å². The highest BCUT2D eigenvalue weighted by atomic mass is 19.3. The maximum atomic E-state index is 13.1. The number of hydrogen-bond acceptors (Lipinski definition) is 4. The molecule has 0 aromatic heterocycles. The van der Waals surface area contributed by atoms with Crippen LogP contribution < -0.4 is 21.5 Å². The highest BCUT2D eigenvalue weighted by molar-refractivity contribution is 5.78. The second-order valence-electron chi connectivity index (χ2n) is 4.84. The van der Waals surface area contributed by atoms with Crippen molar-refractivity contribution in [3.05, 3.63) is 0 Å². The lowest BCUT2D eigenvalue weighted by Crippen LogP contribution is -2.46. The molecule has 6 nitrogen and oxygen atoms in total. The lowest BCUT2D eigenvalue weighted by molar-refractivity contribution is -0.0467. The number of guanidine groups is 1. The first-order valence-electron chi connectivity index (χ1n) is 6.82. The van der Waals surface area contributed by atoms with E-state index >= 15 is 0 Å². The zero-order valence-electron chi connectivity index (χ0n) is 12.3. The van der Waals surface area contributed by atoms with E-state index in [2.05, 4.69) is 26.5 Å². The molecular formula is C12H25F2N5O. The first-order valence-corrected chi connectivity index (χ1v) is 6.82. The van der Waals surface area contributed by atoms with Crippen LogP contribution in [0.5, 0.6) is 0 Å². The van der Waals surface area contributed by atoms with Crippen molar-refractivity contribution in [2.75, 3.05) is 27.7 Å². The lowest BCUT2D eigenvalue weighted by Gasteiger charge is -2.31. The van der Waals surface area contributed by atoms with E-state index in [0.29, 0.717) is 25.3 Å². The molecule has 1 aliphatic rings. The van der Waals surface area contributed by atoms with Crippen molar-refractivity contribution >= 4 is 5.96 Å². The van der Waals surface area contributed by atoms with Crippen molar-refractivity contribution in [3.8, 4) is 0 Å². The quantitative estimate of drug-likeness (QED) is 0.247. The molecule has 0 amide bonds. The Bertz CT molecular complexity index is 304. The SMILES string of the molecule is CNN/C(=N/CC(NC1CCC(F)(F)CC1)OC)NC. The molecule has 1 fully saturated rings. The van der Waals surface area contributed by atoms with Gasteiger partial charge in [-0.3, -0.25) is 10.7 Å². The van der Waals surface area contributed by atoms with Gasteiger partial charge >= 0.3 is 0 Å². The molecular weight excluding hydrogens is 268 g/mol. The van der Waals surface area contributed by atoms with Crippen LogP contribution in [0.2, 0.25) is 0 Å². The summed E-state index contributed by atoms with van der Waals surface area (Å²) >= 11 is 0. The number of hydrogen-bond donors (Lipinski definition) is 4. The van der Waals surface area contributed by atoms with Crippen molar-refractivity contribution in [2.24, 2.45) is 4.99 Å². The fraction of sp³-hybridized carbons (Fsp3) is 0.917. The number of rotatable bonds is 6. The number of nitrogens with one attached hydrogen (secondary N) is 4. The van der Waals surface area contributed by atoms with E-state index in [9.17, 15) is 8.78 Å². The molecule has 118 valence electrons. The molecule has 0 bridgehead atoms. The third kappa shape index (κ3) is 5.98. The van der Waals surface area contributed by atoms with Gasteiger partial charge in [-0.05, 0) is 12.8 Å². The largest absolute Gasteiger partial charge is 0.365 e. The van der Waals surface area contributed by atoms with Gasteiger partial charge in [-0.15, -0.1) is 0 Å². The van der Waals surface area contributed by atoms with Crippen molar-refractivity contribution in [2.45, 2.75) is 43.9 Å². The van der Waals surface area contributed by atoms with Gasteiger partial charge in [0.15, 0.2) is 0 Å². The Morgan fingerprint density at radius 3 is 2.50 bits per heavy atom. The number of hydrazine groups is 1. The molecule has 1 atom stereocenters. The average molecular weight is 293 g/mol. The van der Waals surface area contributed by atoms with Crippen LogP contribution in [-0.4, -0.2) is 51.9 Å². The fourth-order valence-corrected chi connectivity index (χ4v) is 2.14. The van der Waals surface area contributed by atoms with Gasteiger partial charge in [-0.25, -0.2) is 19.2 Å². The standard InChI is InChI=1S/C12H25F2N5O/c1-15-11(19-16-2)17-8-10(20-3)18-9-4-6-12(13,14)7-5-9/h9-10,16,18H,4-8H2,1-3H3,(H2,15,17,19). The second kappa shape index (κ2) is 8.33. The van der Waals surface area contributed by atoms with Crippen LogP contribution in [0.4, 0.5) is 8.78 Å². The van der Waals surface area contributed by atoms with E-state index in [1.165, 1.54) is 0 Å². The number of methoxy groups -OCH3 is 1. The summed E-state index contributed by atoms with van der Waals surface area (Å²) in [5, 5.41) is 6.12. The highest BCUT2D eigenvalue weighted by Crippen LogP contribution is 2.33. The third-order valence-corrected chi connectivity index (χ3v) is 3.32. The van der Waals surface area contributed by atoms with Gasteiger partial charge in [0.05, 0.1) is 6.54 Å². The third-order valence-electron chi connectivity index (χ3n) is 3.32. The van der Waals surface area contributed by atoms with Crippen LogP contribution in [-0.2, 0) is 4.74 Å². The Labute approximate surface area is 118 Å². The minimum Gasteiger partial charge on any atom is -0.365 e. The van der Waals surface area contributed by atoms with Crippen LogP contribution in [0.3, 0.4) is 0 Å². The summed E-state index contributed by atoms with van der Waals surface area (Å²) in [5.74, 6) is -1.92. The zero-order valence-corrected chi connectivity index (χ0v) is 12.3. The molecule has 20 heavy (non-hydrogen) atoms. The topological polar surface area (TPSA) is 69.7 Å². The van der Waals surface area contributed by atoms with E-state index in [1.807, 2.05) is 0 Å². The molecule has 1 unspecified atom stereocenters. The lowest BCUT2D eigenvalue weighted by atomic mass is 9.92. The van der Waals surface area contributed by atoms with Crippen molar-refractivity contribution in [1.82, 2.24) is 21.5 Å². The molecule has 0 aromatic rings.